The molecule has 0 saturated heterocycles. The van der Waals surface area contributed by atoms with Crippen molar-refractivity contribution < 1.29 is 32.6 Å². The van der Waals surface area contributed by atoms with Crippen LogP contribution >= 0.6 is 0 Å². The van der Waals surface area contributed by atoms with Crippen LogP contribution in [0.15, 0.2) is 24.4 Å². The normalized spacial score (nSPS) is 23.1. The van der Waals surface area contributed by atoms with Crippen LogP contribution in [0, 0.1) is 5.41 Å². The van der Waals surface area contributed by atoms with Crippen molar-refractivity contribution in [1.82, 2.24) is 15.2 Å². The van der Waals surface area contributed by atoms with Gasteiger partial charge < -0.3 is 20.1 Å². The number of amides is 2. The van der Waals surface area contributed by atoms with E-state index in [2.05, 4.69) is 10.3 Å². The van der Waals surface area contributed by atoms with Crippen molar-refractivity contribution in [3.8, 4) is 0 Å². The van der Waals surface area contributed by atoms with Gasteiger partial charge in [0, 0.05) is 38.0 Å². The third kappa shape index (κ3) is 5.40. The van der Waals surface area contributed by atoms with Gasteiger partial charge in [-0.15, -0.1) is 0 Å². The van der Waals surface area contributed by atoms with Crippen LogP contribution in [0.4, 0.5) is 18.0 Å². The molecular weight excluding hydrogens is 427 g/mol. The van der Waals surface area contributed by atoms with Crippen molar-refractivity contribution in [1.29, 1.82) is 0 Å². The zero-order valence-corrected chi connectivity index (χ0v) is 18.3. The van der Waals surface area contributed by atoms with Crippen LogP contribution < -0.4 is 5.32 Å². The monoisotopic (exact) mass is 455 g/mol. The second-order valence-corrected chi connectivity index (χ2v) is 9.25. The Bertz CT molecular complexity index is 911. The first-order valence-electron chi connectivity index (χ1n) is 10.5. The number of pyridine rings is 1. The molecular formula is C22H28F3N3O4. The van der Waals surface area contributed by atoms with Gasteiger partial charge in [0.05, 0.1) is 17.0 Å². The Morgan fingerprint density at radius 3 is 2.69 bits per heavy atom. The Labute approximate surface area is 184 Å². The van der Waals surface area contributed by atoms with E-state index >= 15 is 0 Å². The molecule has 1 aromatic rings. The predicted octanol–water partition coefficient (Wildman–Crippen LogP) is 3.21. The lowest BCUT2D eigenvalue weighted by atomic mass is 9.81. The summed E-state index contributed by atoms with van der Waals surface area (Å²) in [6.45, 7) is 5.29. The van der Waals surface area contributed by atoms with Crippen molar-refractivity contribution in [2.24, 2.45) is 5.41 Å². The van der Waals surface area contributed by atoms with Crippen LogP contribution in [0.5, 0.6) is 0 Å². The number of halogens is 3. The van der Waals surface area contributed by atoms with E-state index in [-0.39, 0.29) is 31.9 Å². The largest absolute Gasteiger partial charge is 0.444 e. The smallest absolute Gasteiger partial charge is 0.417 e. The average Bonchev–Trinajstić information content (AvgIpc) is 3.08. The topological polar surface area (TPSA) is 91.8 Å². The third-order valence-corrected chi connectivity index (χ3v) is 5.57. The molecule has 2 unspecified atom stereocenters. The molecule has 2 atom stereocenters. The number of alkyl carbamates (subject to hydrolysis) is 1. The highest BCUT2D eigenvalue weighted by atomic mass is 19.4. The minimum absolute atomic E-state index is 0.0102. The predicted molar refractivity (Wildman–Crippen MR) is 109 cm³/mol. The first-order valence-corrected chi connectivity index (χ1v) is 10.5. The molecule has 2 aliphatic rings. The van der Waals surface area contributed by atoms with Gasteiger partial charge in [-0.05, 0) is 45.2 Å². The van der Waals surface area contributed by atoms with E-state index in [0.29, 0.717) is 24.2 Å². The van der Waals surface area contributed by atoms with E-state index in [1.165, 1.54) is 4.90 Å². The van der Waals surface area contributed by atoms with Gasteiger partial charge in [-0.3, -0.25) is 9.78 Å². The van der Waals surface area contributed by atoms with Gasteiger partial charge in [0.2, 0.25) is 5.91 Å². The van der Waals surface area contributed by atoms with Crippen LogP contribution in [-0.4, -0.2) is 51.8 Å². The number of rotatable bonds is 4. The molecule has 0 spiro atoms. The second kappa shape index (κ2) is 8.73. The molecule has 1 aromatic heterocycles. The minimum atomic E-state index is -4.51. The molecule has 1 aliphatic heterocycles. The number of carbonyl (C=O) groups excluding carboxylic acids is 2. The molecule has 10 heteroatoms. The first-order chi connectivity index (χ1) is 14.8. The number of nitrogens with one attached hydrogen (secondary N) is 1. The number of hydrogen-bond donors (Lipinski definition) is 2. The summed E-state index contributed by atoms with van der Waals surface area (Å²) in [7, 11) is 0. The summed E-state index contributed by atoms with van der Waals surface area (Å²) in [5.41, 5.74) is -1.66. The summed E-state index contributed by atoms with van der Waals surface area (Å²) in [6.07, 6.45) is -0.229. The van der Waals surface area contributed by atoms with Crippen molar-refractivity contribution in [2.45, 2.75) is 64.4 Å². The van der Waals surface area contributed by atoms with Crippen LogP contribution in [0.1, 0.15) is 50.4 Å². The maximum atomic E-state index is 13.4. The molecule has 2 amide bonds. The minimum Gasteiger partial charge on any atom is -0.444 e. The molecule has 0 radical (unpaired) electrons. The van der Waals surface area contributed by atoms with Crippen LogP contribution in [0.2, 0.25) is 0 Å². The fourth-order valence-corrected chi connectivity index (χ4v) is 4.11. The summed E-state index contributed by atoms with van der Waals surface area (Å²) in [6, 6.07) is 0.577. The maximum Gasteiger partial charge on any atom is 0.417 e. The number of aliphatic hydroxyl groups is 1. The summed E-state index contributed by atoms with van der Waals surface area (Å²) >= 11 is 0. The first kappa shape index (κ1) is 24.0. The zero-order valence-electron chi connectivity index (χ0n) is 18.3. The van der Waals surface area contributed by atoms with Crippen molar-refractivity contribution in [2.75, 3.05) is 13.2 Å². The van der Waals surface area contributed by atoms with E-state index in [1.807, 2.05) is 0 Å². The van der Waals surface area contributed by atoms with Gasteiger partial charge in [-0.2, -0.15) is 13.2 Å². The number of alkyl halides is 3. The molecule has 1 aliphatic carbocycles. The van der Waals surface area contributed by atoms with E-state index in [1.54, 1.807) is 32.9 Å². The molecule has 7 nitrogen and oxygen atoms in total. The standard InChI is InChI=1S/C22H28F3N3O4/c1-20(2,3)32-19(31)27-16-4-6-21(11-16,7-9-29)18(30)28-8-5-17-14(13-28)10-15(12-26-17)22(23,24)25/h4,6,10,12,16,29H,5,7-9,11,13H2,1-3H3,(H,27,31). The van der Waals surface area contributed by atoms with E-state index in [0.717, 1.165) is 12.3 Å². The zero-order chi connectivity index (χ0) is 23.7. The quantitative estimate of drug-likeness (QED) is 0.681. The fraction of sp³-hybridized carbons (Fsp3) is 0.591. The highest BCUT2D eigenvalue weighted by Gasteiger charge is 2.44. The summed E-state index contributed by atoms with van der Waals surface area (Å²) in [5.74, 6) is -0.292. The van der Waals surface area contributed by atoms with E-state index in [9.17, 15) is 27.9 Å². The number of hydrogen-bond acceptors (Lipinski definition) is 5. The van der Waals surface area contributed by atoms with Crippen LogP contribution in [0.25, 0.3) is 0 Å². The average molecular weight is 455 g/mol. The Morgan fingerprint density at radius 1 is 1.34 bits per heavy atom. The molecule has 32 heavy (non-hydrogen) atoms. The maximum absolute atomic E-state index is 13.4. The lowest BCUT2D eigenvalue weighted by Crippen LogP contribution is -2.47. The van der Waals surface area contributed by atoms with E-state index < -0.39 is 34.9 Å². The number of carbonyl (C=O) groups is 2. The number of ether oxygens (including phenoxy) is 1. The highest BCUT2D eigenvalue weighted by molar-refractivity contribution is 5.86. The van der Waals surface area contributed by atoms with Gasteiger partial charge in [-0.25, -0.2) is 4.79 Å². The summed E-state index contributed by atoms with van der Waals surface area (Å²) in [5, 5.41) is 12.3. The van der Waals surface area contributed by atoms with Crippen molar-refractivity contribution in [3.05, 3.63) is 41.2 Å². The highest BCUT2D eigenvalue weighted by Crippen LogP contribution is 2.39. The Hall–Kier alpha value is -2.62. The molecule has 0 aromatic carbocycles. The number of nitrogens with zero attached hydrogens (tertiary/aromatic N) is 2. The van der Waals surface area contributed by atoms with Gasteiger partial charge in [-0.1, -0.05) is 12.2 Å². The molecule has 176 valence electrons. The van der Waals surface area contributed by atoms with Gasteiger partial charge in [0.15, 0.2) is 0 Å². The lowest BCUT2D eigenvalue weighted by Gasteiger charge is -2.36. The number of aromatic nitrogens is 1. The SMILES string of the molecule is CC(C)(C)OC(=O)NC1C=CC(CCO)(C(=O)N2CCc3ncc(C(F)(F)F)cc3C2)C1. The van der Waals surface area contributed by atoms with Crippen LogP contribution in [0.3, 0.4) is 0 Å². The van der Waals surface area contributed by atoms with Crippen molar-refractivity contribution >= 4 is 12.0 Å². The molecule has 2 N–H and O–H groups in total. The van der Waals surface area contributed by atoms with E-state index in [4.69, 9.17) is 4.74 Å². The number of fused-ring (bicyclic) bond motifs is 1. The molecule has 0 bridgehead atoms. The summed E-state index contributed by atoms with van der Waals surface area (Å²) < 4.78 is 44.5. The third-order valence-electron chi connectivity index (χ3n) is 5.57. The number of aliphatic hydroxyl groups excluding tert-OH is 1. The molecule has 0 saturated carbocycles. The second-order valence-electron chi connectivity index (χ2n) is 9.25. The fourth-order valence-electron chi connectivity index (χ4n) is 4.11. The Balaban J connectivity index is 1.74. The van der Waals surface area contributed by atoms with Crippen molar-refractivity contribution in [3.63, 3.8) is 0 Å². The van der Waals surface area contributed by atoms with Crippen LogP contribution in [-0.2, 0) is 28.7 Å². The molecule has 2 heterocycles. The summed E-state index contributed by atoms with van der Waals surface area (Å²) in [4.78, 5) is 31.0. The Morgan fingerprint density at radius 2 is 2.06 bits per heavy atom. The molecule has 0 fully saturated rings. The lowest BCUT2D eigenvalue weighted by molar-refractivity contribution is -0.141. The van der Waals surface area contributed by atoms with Gasteiger partial charge in [0.25, 0.3) is 0 Å². The Kier molecular flexibility index (Phi) is 6.55. The van der Waals surface area contributed by atoms with Gasteiger partial charge >= 0.3 is 12.3 Å². The molecule has 3 rings (SSSR count). The van der Waals surface area contributed by atoms with Gasteiger partial charge in [0.1, 0.15) is 5.60 Å².